The van der Waals surface area contributed by atoms with E-state index in [0.717, 1.165) is 45.4 Å². The summed E-state index contributed by atoms with van der Waals surface area (Å²) < 4.78 is 28.6. The van der Waals surface area contributed by atoms with Crippen LogP contribution in [0, 0.1) is 5.92 Å². The van der Waals surface area contributed by atoms with E-state index in [-0.39, 0.29) is 6.04 Å². The molecule has 1 saturated heterocycles. The Bertz CT molecular complexity index is 710. The highest BCUT2D eigenvalue weighted by Gasteiger charge is 2.27. The van der Waals surface area contributed by atoms with Crippen molar-refractivity contribution in [2.75, 3.05) is 39.8 Å². The predicted octanol–water partition coefficient (Wildman–Crippen LogP) is 2.12. The van der Waals surface area contributed by atoms with E-state index < -0.39 is 10.0 Å². The number of nitrogens with zero attached hydrogens (tertiary/aromatic N) is 2. The van der Waals surface area contributed by atoms with Crippen LogP contribution in [0.5, 0.6) is 0 Å². The first-order valence-corrected chi connectivity index (χ1v) is 11.4. The molecule has 1 fully saturated rings. The monoisotopic (exact) mass is 379 g/mol. The molecule has 0 radical (unpaired) electrons. The fourth-order valence-electron chi connectivity index (χ4n) is 4.10. The third kappa shape index (κ3) is 4.66. The molecule has 1 heterocycles. The molecule has 1 unspecified atom stereocenters. The minimum atomic E-state index is -3.46. The van der Waals surface area contributed by atoms with E-state index in [1.807, 2.05) is 12.1 Å². The van der Waals surface area contributed by atoms with Crippen LogP contribution in [0.3, 0.4) is 0 Å². The van der Waals surface area contributed by atoms with Gasteiger partial charge in [-0.1, -0.05) is 19.9 Å². The summed E-state index contributed by atoms with van der Waals surface area (Å²) in [5.41, 5.74) is 2.52. The molecule has 1 atom stereocenters. The second-order valence-electron chi connectivity index (χ2n) is 8.14. The van der Waals surface area contributed by atoms with Crippen LogP contribution in [-0.2, 0) is 22.9 Å². The van der Waals surface area contributed by atoms with Gasteiger partial charge in [-0.05, 0) is 61.9 Å². The summed E-state index contributed by atoms with van der Waals surface area (Å²) in [6.07, 6.45) is 4.43. The average molecular weight is 380 g/mol. The summed E-state index contributed by atoms with van der Waals surface area (Å²) in [6, 6.07) is 5.89. The Labute approximate surface area is 158 Å². The molecule has 1 aromatic carbocycles. The lowest BCUT2D eigenvalue weighted by Crippen LogP contribution is -2.54. The largest absolute Gasteiger partial charge is 0.304 e. The van der Waals surface area contributed by atoms with Crippen LogP contribution in [0.4, 0.5) is 0 Å². The molecule has 1 aromatic rings. The van der Waals surface area contributed by atoms with Gasteiger partial charge in [-0.25, -0.2) is 13.1 Å². The Morgan fingerprint density at radius 3 is 2.35 bits per heavy atom. The van der Waals surface area contributed by atoms with Crippen molar-refractivity contribution in [1.29, 1.82) is 0 Å². The summed E-state index contributed by atoms with van der Waals surface area (Å²) >= 11 is 0. The van der Waals surface area contributed by atoms with Gasteiger partial charge in [-0.15, -0.1) is 0 Å². The van der Waals surface area contributed by atoms with Crippen molar-refractivity contribution in [3.63, 3.8) is 0 Å². The minimum absolute atomic E-state index is 0.233. The van der Waals surface area contributed by atoms with Gasteiger partial charge in [-0.2, -0.15) is 0 Å². The number of rotatable bonds is 6. The maximum Gasteiger partial charge on any atom is 0.240 e. The lowest BCUT2D eigenvalue weighted by molar-refractivity contribution is 0.0905. The quantitative estimate of drug-likeness (QED) is 0.823. The molecule has 146 valence electrons. The SMILES string of the molecule is CC(C)C(CNS(=O)(=O)c1ccc2c(c1)CCCC2)N1CCN(C)CC1. The molecule has 6 heteroatoms. The number of benzene rings is 1. The van der Waals surface area contributed by atoms with E-state index in [1.54, 1.807) is 6.07 Å². The molecule has 1 aliphatic carbocycles. The highest BCUT2D eigenvalue weighted by atomic mass is 32.2. The van der Waals surface area contributed by atoms with Crippen LogP contribution in [0.15, 0.2) is 23.1 Å². The number of piperazine rings is 1. The van der Waals surface area contributed by atoms with Crippen molar-refractivity contribution < 1.29 is 8.42 Å². The van der Waals surface area contributed by atoms with Gasteiger partial charge < -0.3 is 4.90 Å². The van der Waals surface area contributed by atoms with E-state index >= 15 is 0 Å². The van der Waals surface area contributed by atoms with Gasteiger partial charge in [0.1, 0.15) is 0 Å². The molecule has 1 aliphatic heterocycles. The summed E-state index contributed by atoms with van der Waals surface area (Å²) in [4.78, 5) is 5.17. The molecule has 0 aromatic heterocycles. The van der Waals surface area contributed by atoms with Crippen LogP contribution in [0.25, 0.3) is 0 Å². The molecule has 5 nitrogen and oxygen atoms in total. The van der Waals surface area contributed by atoms with Gasteiger partial charge in [0.05, 0.1) is 4.90 Å². The Morgan fingerprint density at radius 2 is 1.69 bits per heavy atom. The van der Waals surface area contributed by atoms with Crippen molar-refractivity contribution in [2.24, 2.45) is 5.92 Å². The first kappa shape index (κ1) is 19.8. The Kier molecular flexibility index (Phi) is 6.38. The van der Waals surface area contributed by atoms with Crippen LogP contribution < -0.4 is 4.72 Å². The summed E-state index contributed by atoms with van der Waals surface area (Å²) in [6.45, 7) is 8.91. The molecule has 1 N–H and O–H groups in total. The van der Waals surface area contributed by atoms with Gasteiger partial charge in [0.15, 0.2) is 0 Å². The van der Waals surface area contributed by atoms with Gasteiger partial charge in [0, 0.05) is 38.8 Å². The average Bonchev–Trinajstić information content (AvgIpc) is 2.62. The molecule has 26 heavy (non-hydrogen) atoms. The third-order valence-electron chi connectivity index (χ3n) is 5.89. The van der Waals surface area contributed by atoms with Crippen LogP contribution in [0.1, 0.15) is 37.8 Å². The van der Waals surface area contributed by atoms with Gasteiger partial charge in [-0.3, -0.25) is 4.90 Å². The predicted molar refractivity (Wildman–Crippen MR) is 106 cm³/mol. The van der Waals surface area contributed by atoms with Crippen LogP contribution >= 0.6 is 0 Å². The number of likely N-dealkylation sites (N-methyl/N-ethyl adjacent to an activating group) is 1. The summed E-state index contributed by atoms with van der Waals surface area (Å²) in [5, 5.41) is 0. The normalized spacial score (nSPS) is 20.9. The lowest BCUT2D eigenvalue weighted by atomic mass is 9.92. The van der Waals surface area contributed by atoms with Gasteiger partial charge in [0.25, 0.3) is 0 Å². The Morgan fingerprint density at radius 1 is 1.04 bits per heavy atom. The van der Waals surface area contributed by atoms with Crippen LogP contribution in [0.2, 0.25) is 0 Å². The second kappa shape index (κ2) is 8.38. The number of hydrogen-bond donors (Lipinski definition) is 1. The van der Waals surface area contributed by atoms with Crippen molar-refractivity contribution in [1.82, 2.24) is 14.5 Å². The third-order valence-corrected chi connectivity index (χ3v) is 7.31. The standard InChI is InChI=1S/C20H33N3O2S/c1-16(2)20(23-12-10-22(3)11-13-23)15-21-26(24,25)19-9-8-17-6-4-5-7-18(17)14-19/h8-9,14,16,20-21H,4-7,10-13,15H2,1-3H3. The minimum Gasteiger partial charge on any atom is -0.304 e. The number of sulfonamides is 1. The topological polar surface area (TPSA) is 52.7 Å². The lowest BCUT2D eigenvalue weighted by Gasteiger charge is -2.39. The molecule has 3 rings (SSSR count). The smallest absolute Gasteiger partial charge is 0.240 e. The van der Waals surface area contributed by atoms with Crippen LogP contribution in [-0.4, -0.2) is 64.0 Å². The maximum absolute atomic E-state index is 12.8. The Hall–Kier alpha value is -0.950. The molecular weight excluding hydrogens is 346 g/mol. The van der Waals surface area contributed by atoms with E-state index in [1.165, 1.54) is 17.5 Å². The molecule has 0 spiro atoms. The molecular formula is C20H33N3O2S. The maximum atomic E-state index is 12.8. The molecule has 2 aliphatic rings. The molecule has 0 amide bonds. The fraction of sp³-hybridized carbons (Fsp3) is 0.700. The van der Waals surface area contributed by atoms with Crippen molar-refractivity contribution in [3.8, 4) is 0 Å². The molecule has 0 saturated carbocycles. The zero-order chi connectivity index (χ0) is 18.7. The van der Waals surface area contributed by atoms with E-state index in [2.05, 4.69) is 35.4 Å². The number of nitrogens with one attached hydrogen (secondary N) is 1. The van der Waals surface area contributed by atoms with Gasteiger partial charge in [0.2, 0.25) is 10.0 Å². The highest BCUT2D eigenvalue weighted by Crippen LogP contribution is 2.24. The van der Waals surface area contributed by atoms with E-state index in [9.17, 15) is 8.42 Å². The van der Waals surface area contributed by atoms with E-state index in [0.29, 0.717) is 17.4 Å². The van der Waals surface area contributed by atoms with Crippen molar-refractivity contribution >= 4 is 10.0 Å². The fourth-order valence-corrected chi connectivity index (χ4v) is 5.20. The van der Waals surface area contributed by atoms with Gasteiger partial charge >= 0.3 is 0 Å². The van der Waals surface area contributed by atoms with Crippen molar-refractivity contribution in [2.45, 2.75) is 50.5 Å². The number of aryl methyl sites for hydroxylation is 2. The highest BCUT2D eigenvalue weighted by molar-refractivity contribution is 7.89. The summed E-state index contributed by atoms with van der Waals surface area (Å²) in [7, 11) is -1.32. The first-order chi connectivity index (χ1) is 12.4. The number of hydrogen-bond acceptors (Lipinski definition) is 4. The second-order valence-corrected chi connectivity index (χ2v) is 9.91. The van der Waals surface area contributed by atoms with Crippen molar-refractivity contribution in [3.05, 3.63) is 29.3 Å². The zero-order valence-corrected chi connectivity index (χ0v) is 17.2. The summed E-state index contributed by atoms with van der Waals surface area (Å²) in [5.74, 6) is 0.407. The molecule has 0 bridgehead atoms. The first-order valence-electron chi connectivity index (χ1n) is 9.91. The Balaban J connectivity index is 1.68. The van der Waals surface area contributed by atoms with E-state index in [4.69, 9.17) is 0 Å². The number of fused-ring (bicyclic) bond motifs is 1. The zero-order valence-electron chi connectivity index (χ0n) is 16.4.